The van der Waals surface area contributed by atoms with Gasteiger partial charge in [-0.15, -0.1) is 0 Å². The standard InChI is InChI=1S/C20H40O3/c1-17(2)14-12-10-8-6-5-7-9-11-13-15-18(21)19-16-22-20(3,4)23-19/h17-19,21H,5-16H2,1-4H3/t18-,19+/m1/s1. The van der Waals surface area contributed by atoms with E-state index in [1.807, 2.05) is 13.8 Å². The van der Waals surface area contributed by atoms with Crippen LogP contribution in [0.2, 0.25) is 0 Å². The fourth-order valence-corrected chi connectivity index (χ4v) is 3.23. The molecule has 2 atom stereocenters. The molecule has 3 heteroatoms. The van der Waals surface area contributed by atoms with Crippen LogP contribution in [0, 0.1) is 5.92 Å². The Kier molecular flexibility index (Phi) is 10.4. The summed E-state index contributed by atoms with van der Waals surface area (Å²) < 4.78 is 11.2. The van der Waals surface area contributed by atoms with Gasteiger partial charge in [-0.1, -0.05) is 78.1 Å². The van der Waals surface area contributed by atoms with Gasteiger partial charge in [-0.2, -0.15) is 0 Å². The van der Waals surface area contributed by atoms with E-state index in [-0.39, 0.29) is 12.2 Å². The molecule has 0 amide bonds. The third-order valence-electron chi connectivity index (χ3n) is 4.74. The molecule has 23 heavy (non-hydrogen) atoms. The van der Waals surface area contributed by atoms with Crippen molar-refractivity contribution < 1.29 is 14.6 Å². The van der Waals surface area contributed by atoms with E-state index in [1.54, 1.807) is 0 Å². The summed E-state index contributed by atoms with van der Waals surface area (Å²) in [4.78, 5) is 0. The summed E-state index contributed by atoms with van der Waals surface area (Å²) >= 11 is 0. The summed E-state index contributed by atoms with van der Waals surface area (Å²) in [5.74, 6) is 0.332. The smallest absolute Gasteiger partial charge is 0.163 e. The average molecular weight is 329 g/mol. The highest BCUT2D eigenvalue weighted by atomic mass is 16.7. The molecule has 1 aliphatic rings. The first kappa shape index (κ1) is 20.9. The van der Waals surface area contributed by atoms with Gasteiger partial charge in [0.1, 0.15) is 6.10 Å². The van der Waals surface area contributed by atoms with E-state index < -0.39 is 5.79 Å². The van der Waals surface area contributed by atoms with E-state index in [1.165, 1.54) is 57.8 Å². The molecule has 0 bridgehead atoms. The Balaban J connectivity index is 1.84. The summed E-state index contributed by atoms with van der Waals surface area (Å²) in [6.45, 7) is 8.95. The second kappa shape index (κ2) is 11.4. The van der Waals surface area contributed by atoms with Crippen LogP contribution in [0.25, 0.3) is 0 Å². The topological polar surface area (TPSA) is 38.7 Å². The van der Waals surface area contributed by atoms with E-state index in [9.17, 15) is 5.11 Å². The second-order valence-electron chi connectivity index (χ2n) is 8.09. The zero-order valence-corrected chi connectivity index (χ0v) is 16.0. The van der Waals surface area contributed by atoms with Gasteiger partial charge in [-0.25, -0.2) is 0 Å². The monoisotopic (exact) mass is 328 g/mol. The molecule has 3 nitrogen and oxygen atoms in total. The van der Waals surface area contributed by atoms with Crippen molar-refractivity contribution in [1.29, 1.82) is 0 Å². The zero-order valence-electron chi connectivity index (χ0n) is 16.0. The summed E-state index contributed by atoms with van der Waals surface area (Å²) in [5.41, 5.74) is 0. The van der Waals surface area contributed by atoms with Crippen LogP contribution in [0.4, 0.5) is 0 Å². The fraction of sp³-hybridized carbons (Fsp3) is 1.00. The predicted octanol–water partition coefficient (Wildman–Crippen LogP) is 5.45. The van der Waals surface area contributed by atoms with Crippen molar-refractivity contribution in [3.05, 3.63) is 0 Å². The molecular formula is C20H40O3. The first-order valence-corrected chi connectivity index (χ1v) is 9.90. The highest BCUT2D eigenvalue weighted by molar-refractivity contribution is 4.77. The summed E-state index contributed by atoms with van der Waals surface area (Å²) in [7, 11) is 0. The minimum absolute atomic E-state index is 0.143. The van der Waals surface area contributed by atoms with Crippen LogP contribution in [-0.2, 0) is 9.47 Å². The Morgan fingerprint density at radius 1 is 0.870 bits per heavy atom. The van der Waals surface area contributed by atoms with E-state index in [0.29, 0.717) is 6.61 Å². The Bertz CT molecular complexity index is 289. The number of hydrogen-bond acceptors (Lipinski definition) is 3. The molecule has 1 heterocycles. The quantitative estimate of drug-likeness (QED) is 0.457. The number of rotatable bonds is 13. The molecule has 1 saturated heterocycles. The van der Waals surface area contributed by atoms with Crippen LogP contribution in [0.5, 0.6) is 0 Å². The van der Waals surface area contributed by atoms with Crippen LogP contribution >= 0.6 is 0 Å². The first-order valence-electron chi connectivity index (χ1n) is 9.90. The number of aliphatic hydroxyl groups is 1. The van der Waals surface area contributed by atoms with Gasteiger partial charge >= 0.3 is 0 Å². The van der Waals surface area contributed by atoms with Gasteiger partial charge in [-0.05, 0) is 26.2 Å². The Morgan fingerprint density at radius 2 is 1.35 bits per heavy atom. The van der Waals surface area contributed by atoms with Gasteiger partial charge in [0.15, 0.2) is 5.79 Å². The number of aliphatic hydroxyl groups excluding tert-OH is 1. The van der Waals surface area contributed by atoms with E-state index >= 15 is 0 Å². The minimum Gasteiger partial charge on any atom is -0.390 e. The third kappa shape index (κ3) is 10.4. The van der Waals surface area contributed by atoms with Gasteiger partial charge in [0.2, 0.25) is 0 Å². The van der Waals surface area contributed by atoms with Gasteiger partial charge in [0, 0.05) is 0 Å². The molecule has 0 aromatic rings. The van der Waals surface area contributed by atoms with Gasteiger partial charge in [0.25, 0.3) is 0 Å². The van der Waals surface area contributed by atoms with Crippen molar-refractivity contribution >= 4 is 0 Å². The highest BCUT2D eigenvalue weighted by Crippen LogP contribution is 2.26. The molecule has 138 valence electrons. The zero-order chi connectivity index (χ0) is 17.1. The van der Waals surface area contributed by atoms with Crippen molar-refractivity contribution in [2.24, 2.45) is 5.92 Å². The lowest BCUT2D eigenvalue weighted by molar-refractivity contribution is -0.151. The lowest BCUT2D eigenvalue weighted by atomic mass is 10.0. The van der Waals surface area contributed by atoms with Crippen molar-refractivity contribution in [3.8, 4) is 0 Å². The number of hydrogen-bond donors (Lipinski definition) is 1. The van der Waals surface area contributed by atoms with Crippen LogP contribution in [0.3, 0.4) is 0 Å². The maximum absolute atomic E-state index is 10.1. The maximum Gasteiger partial charge on any atom is 0.163 e. The number of unbranched alkanes of at least 4 members (excludes halogenated alkanes) is 8. The maximum atomic E-state index is 10.1. The number of ether oxygens (including phenoxy) is 2. The van der Waals surface area contributed by atoms with Crippen LogP contribution in [0.1, 0.15) is 98.3 Å². The van der Waals surface area contributed by atoms with Gasteiger partial charge in [0.05, 0.1) is 12.7 Å². The fourth-order valence-electron chi connectivity index (χ4n) is 3.23. The van der Waals surface area contributed by atoms with E-state index in [2.05, 4.69) is 13.8 Å². The Morgan fingerprint density at radius 3 is 1.78 bits per heavy atom. The molecule has 1 aliphatic heterocycles. The molecular weight excluding hydrogens is 288 g/mol. The van der Waals surface area contributed by atoms with E-state index in [0.717, 1.165) is 18.8 Å². The minimum atomic E-state index is -0.527. The van der Waals surface area contributed by atoms with Crippen molar-refractivity contribution in [1.82, 2.24) is 0 Å². The van der Waals surface area contributed by atoms with Crippen molar-refractivity contribution in [2.45, 2.75) is 116 Å². The van der Waals surface area contributed by atoms with Crippen LogP contribution in [-0.4, -0.2) is 29.7 Å². The Labute approximate surface area is 144 Å². The van der Waals surface area contributed by atoms with Crippen LogP contribution < -0.4 is 0 Å². The second-order valence-corrected chi connectivity index (χ2v) is 8.09. The molecule has 0 unspecified atom stereocenters. The molecule has 0 spiro atoms. The lowest BCUT2D eigenvalue weighted by Crippen LogP contribution is -2.30. The molecule has 0 aromatic heterocycles. The molecule has 0 aromatic carbocycles. The molecule has 0 aliphatic carbocycles. The molecule has 1 N–H and O–H groups in total. The molecule has 1 rings (SSSR count). The van der Waals surface area contributed by atoms with Crippen LogP contribution in [0.15, 0.2) is 0 Å². The highest BCUT2D eigenvalue weighted by Gasteiger charge is 2.36. The SMILES string of the molecule is CC(C)CCCCCCCCCCC[C@@H](O)[C@@H]1COC(C)(C)O1. The largest absolute Gasteiger partial charge is 0.390 e. The molecule has 1 fully saturated rings. The summed E-state index contributed by atoms with van der Waals surface area (Å²) in [6.07, 6.45) is 13.6. The van der Waals surface area contributed by atoms with Gasteiger partial charge < -0.3 is 14.6 Å². The molecule has 0 radical (unpaired) electrons. The van der Waals surface area contributed by atoms with Gasteiger partial charge in [-0.3, -0.25) is 0 Å². The molecule has 0 saturated carbocycles. The van der Waals surface area contributed by atoms with Crippen molar-refractivity contribution in [3.63, 3.8) is 0 Å². The average Bonchev–Trinajstić information content (AvgIpc) is 2.84. The first-order chi connectivity index (χ1) is 10.9. The van der Waals surface area contributed by atoms with E-state index in [4.69, 9.17) is 9.47 Å². The summed E-state index contributed by atoms with van der Waals surface area (Å²) in [5, 5.41) is 10.1. The third-order valence-corrected chi connectivity index (χ3v) is 4.74. The Hall–Kier alpha value is -0.120. The van der Waals surface area contributed by atoms with Crippen molar-refractivity contribution in [2.75, 3.05) is 6.61 Å². The lowest BCUT2D eigenvalue weighted by Gasteiger charge is -2.20. The predicted molar refractivity (Wildman–Crippen MR) is 96.5 cm³/mol. The summed E-state index contributed by atoms with van der Waals surface area (Å²) in [6, 6.07) is 0. The normalized spacial score (nSPS) is 21.9.